The number of nitrogens with zero attached hydrogens (tertiary/aromatic N) is 1. The molecule has 27 heavy (non-hydrogen) atoms. The number of amides is 1. The summed E-state index contributed by atoms with van der Waals surface area (Å²) < 4.78 is 0. The Labute approximate surface area is 157 Å². The fourth-order valence-corrected chi connectivity index (χ4v) is 4.12. The van der Waals surface area contributed by atoms with Crippen LogP contribution in [0, 0.1) is 6.92 Å². The van der Waals surface area contributed by atoms with E-state index in [1.807, 2.05) is 79.7 Å². The fraction of sp³-hybridized carbons (Fsp3) is 0.130. The predicted molar refractivity (Wildman–Crippen MR) is 105 cm³/mol. The molecule has 2 heterocycles. The van der Waals surface area contributed by atoms with Crippen LogP contribution in [0.1, 0.15) is 28.2 Å². The molecule has 2 atom stereocenters. The van der Waals surface area contributed by atoms with E-state index in [2.05, 4.69) is 16.5 Å². The summed E-state index contributed by atoms with van der Waals surface area (Å²) in [7, 11) is 0. The van der Waals surface area contributed by atoms with Crippen molar-refractivity contribution in [2.24, 2.45) is 5.16 Å². The number of hydrogen-bond donors (Lipinski definition) is 1. The minimum atomic E-state index is -1.18. The minimum absolute atomic E-state index is 0.176. The quantitative estimate of drug-likeness (QED) is 0.743. The van der Waals surface area contributed by atoms with Crippen molar-refractivity contribution >= 4 is 17.3 Å². The maximum Gasteiger partial charge on any atom is 0.277 e. The predicted octanol–water partition coefficient (Wildman–Crippen LogP) is 4.36. The SMILES string of the molecule is Cc1cccc([C@H]2C(c3ccccc3)=NO[C@]23C(=O)Nc2ccccc23)c1. The van der Waals surface area contributed by atoms with Crippen LogP contribution in [0.5, 0.6) is 0 Å². The van der Waals surface area contributed by atoms with Gasteiger partial charge in [-0.05, 0) is 18.6 Å². The van der Waals surface area contributed by atoms with Crippen LogP contribution in [0.4, 0.5) is 5.69 Å². The van der Waals surface area contributed by atoms with Crippen LogP contribution < -0.4 is 5.32 Å². The second-order valence-corrected chi connectivity index (χ2v) is 7.02. The highest BCUT2D eigenvalue weighted by Gasteiger charge is 2.61. The van der Waals surface area contributed by atoms with Gasteiger partial charge in [-0.15, -0.1) is 0 Å². The van der Waals surface area contributed by atoms with Crippen LogP contribution in [-0.2, 0) is 15.2 Å². The van der Waals surface area contributed by atoms with Crippen molar-refractivity contribution in [3.63, 3.8) is 0 Å². The first kappa shape index (κ1) is 15.8. The molecule has 1 spiro atoms. The molecule has 1 amide bonds. The number of anilines is 1. The lowest BCUT2D eigenvalue weighted by Gasteiger charge is -2.28. The highest BCUT2D eigenvalue weighted by atomic mass is 16.7. The van der Waals surface area contributed by atoms with Crippen molar-refractivity contribution in [1.82, 2.24) is 0 Å². The molecule has 5 rings (SSSR count). The largest absolute Gasteiger partial charge is 0.373 e. The molecule has 0 aromatic heterocycles. The van der Waals surface area contributed by atoms with Crippen molar-refractivity contribution < 1.29 is 9.63 Å². The number of rotatable bonds is 2. The van der Waals surface area contributed by atoms with Gasteiger partial charge in [0, 0.05) is 16.8 Å². The molecule has 1 N–H and O–H groups in total. The fourth-order valence-electron chi connectivity index (χ4n) is 4.12. The Morgan fingerprint density at radius 1 is 0.963 bits per heavy atom. The second-order valence-electron chi connectivity index (χ2n) is 7.02. The average Bonchev–Trinajstić information content (AvgIpc) is 3.23. The van der Waals surface area contributed by atoms with Gasteiger partial charge in [0.05, 0.1) is 11.6 Å². The number of oxime groups is 1. The zero-order chi connectivity index (χ0) is 18.4. The summed E-state index contributed by atoms with van der Waals surface area (Å²) in [4.78, 5) is 19.2. The van der Waals surface area contributed by atoms with Gasteiger partial charge < -0.3 is 10.2 Å². The molecular weight excluding hydrogens is 336 g/mol. The summed E-state index contributed by atoms with van der Waals surface area (Å²) in [6, 6.07) is 25.8. The van der Waals surface area contributed by atoms with Crippen LogP contribution >= 0.6 is 0 Å². The van der Waals surface area contributed by atoms with Gasteiger partial charge in [-0.3, -0.25) is 4.79 Å². The average molecular weight is 354 g/mol. The van der Waals surface area contributed by atoms with Gasteiger partial charge in [0.1, 0.15) is 0 Å². The van der Waals surface area contributed by atoms with Crippen LogP contribution in [-0.4, -0.2) is 11.6 Å². The van der Waals surface area contributed by atoms with Crippen molar-refractivity contribution in [2.45, 2.75) is 18.4 Å². The second kappa shape index (κ2) is 5.81. The summed E-state index contributed by atoms with van der Waals surface area (Å²) in [5.41, 5.74) is 4.30. The highest BCUT2D eigenvalue weighted by molar-refractivity contribution is 6.15. The summed E-state index contributed by atoms with van der Waals surface area (Å²) in [5.74, 6) is -0.506. The van der Waals surface area contributed by atoms with Crippen LogP contribution in [0.25, 0.3) is 0 Å². The molecule has 0 saturated heterocycles. The van der Waals surface area contributed by atoms with Crippen LogP contribution in [0.2, 0.25) is 0 Å². The number of hydrogen-bond acceptors (Lipinski definition) is 3. The highest BCUT2D eigenvalue weighted by Crippen LogP contribution is 2.52. The number of carbonyl (C=O) groups excluding carboxylic acids is 1. The molecule has 4 heteroatoms. The number of aryl methyl sites for hydroxylation is 1. The van der Waals surface area contributed by atoms with Crippen molar-refractivity contribution in [3.05, 3.63) is 101 Å². The smallest absolute Gasteiger partial charge is 0.277 e. The Kier molecular flexibility index (Phi) is 3.41. The van der Waals surface area contributed by atoms with E-state index in [0.29, 0.717) is 0 Å². The molecule has 0 radical (unpaired) electrons. The topological polar surface area (TPSA) is 50.7 Å². The maximum atomic E-state index is 13.2. The molecule has 2 aliphatic rings. The van der Waals surface area contributed by atoms with E-state index >= 15 is 0 Å². The number of nitrogens with one attached hydrogen (secondary N) is 1. The first-order valence-electron chi connectivity index (χ1n) is 8.99. The van der Waals surface area contributed by atoms with Gasteiger partial charge in [0.25, 0.3) is 11.5 Å². The minimum Gasteiger partial charge on any atom is -0.373 e. The standard InChI is InChI=1S/C23H18N2O2/c1-15-8-7-11-17(14-15)20-21(16-9-3-2-4-10-16)25-27-23(20)18-12-5-6-13-19(18)24-22(23)26/h2-14,20H,1H3,(H,24,26)/t20-,23-/m0/s1. The molecule has 2 aliphatic heterocycles. The van der Waals surface area contributed by atoms with Gasteiger partial charge in [0.15, 0.2) is 0 Å². The maximum absolute atomic E-state index is 13.2. The number of benzene rings is 3. The van der Waals surface area contributed by atoms with Gasteiger partial charge in [-0.1, -0.05) is 83.5 Å². The normalized spacial score (nSPS) is 22.9. The Balaban J connectivity index is 1.75. The van der Waals surface area contributed by atoms with Crippen molar-refractivity contribution in [2.75, 3.05) is 5.32 Å². The Bertz CT molecular complexity index is 1070. The summed E-state index contributed by atoms with van der Waals surface area (Å²) >= 11 is 0. The van der Waals surface area contributed by atoms with E-state index in [1.54, 1.807) is 0 Å². The molecule has 0 unspecified atom stereocenters. The zero-order valence-corrected chi connectivity index (χ0v) is 14.8. The molecule has 0 bridgehead atoms. The molecule has 0 saturated carbocycles. The van der Waals surface area contributed by atoms with Crippen molar-refractivity contribution in [1.29, 1.82) is 0 Å². The van der Waals surface area contributed by atoms with Gasteiger partial charge in [0.2, 0.25) is 0 Å². The summed E-state index contributed by atoms with van der Waals surface area (Å²) in [5, 5.41) is 7.41. The van der Waals surface area contributed by atoms with E-state index in [1.165, 1.54) is 0 Å². The first-order valence-corrected chi connectivity index (χ1v) is 8.99. The van der Waals surface area contributed by atoms with E-state index in [4.69, 9.17) is 4.84 Å². The van der Waals surface area contributed by atoms with Gasteiger partial charge >= 0.3 is 0 Å². The molecule has 3 aromatic carbocycles. The Hall–Kier alpha value is -3.40. The number of carbonyl (C=O) groups is 1. The molecule has 4 nitrogen and oxygen atoms in total. The zero-order valence-electron chi connectivity index (χ0n) is 14.8. The summed E-state index contributed by atoms with van der Waals surface area (Å²) in [6.45, 7) is 2.05. The third-order valence-corrected chi connectivity index (χ3v) is 5.33. The Morgan fingerprint density at radius 2 is 1.74 bits per heavy atom. The van der Waals surface area contributed by atoms with Crippen LogP contribution in [0.15, 0.2) is 84.0 Å². The molecule has 3 aromatic rings. The lowest BCUT2D eigenvalue weighted by molar-refractivity contribution is -0.139. The third-order valence-electron chi connectivity index (χ3n) is 5.33. The first-order chi connectivity index (χ1) is 13.2. The molecular formula is C23H18N2O2. The molecule has 132 valence electrons. The number of para-hydroxylation sites is 1. The van der Waals surface area contributed by atoms with E-state index in [-0.39, 0.29) is 11.8 Å². The third kappa shape index (κ3) is 2.23. The van der Waals surface area contributed by atoms with Crippen molar-refractivity contribution in [3.8, 4) is 0 Å². The number of fused-ring (bicyclic) bond motifs is 2. The van der Waals surface area contributed by atoms with Gasteiger partial charge in [-0.2, -0.15) is 0 Å². The van der Waals surface area contributed by atoms with E-state index in [9.17, 15) is 4.79 Å². The van der Waals surface area contributed by atoms with E-state index in [0.717, 1.165) is 33.7 Å². The molecule has 0 aliphatic carbocycles. The van der Waals surface area contributed by atoms with Gasteiger partial charge in [-0.25, -0.2) is 0 Å². The Morgan fingerprint density at radius 3 is 2.56 bits per heavy atom. The summed E-state index contributed by atoms with van der Waals surface area (Å²) in [6.07, 6.45) is 0. The molecule has 0 fully saturated rings. The van der Waals surface area contributed by atoms with E-state index < -0.39 is 5.60 Å². The monoisotopic (exact) mass is 354 g/mol. The van der Waals surface area contributed by atoms with Crippen LogP contribution in [0.3, 0.4) is 0 Å². The lowest BCUT2D eigenvalue weighted by atomic mass is 9.74. The lowest BCUT2D eigenvalue weighted by Crippen LogP contribution is -2.41.